The van der Waals surface area contributed by atoms with Crippen LogP contribution in [0.4, 0.5) is 0 Å². The third-order valence-corrected chi connectivity index (χ3v) is 5.24. The molecule has 5 aromatic carbocycles. The second kappa shape index (κ2) is 8.30. The minimum Gasteiger partial charge on any atom is -0.485 e. The van der Waals surface area contributed by atoms with Gasteiger partial charge in [-0.15, -0.1) is 0 Å². The van der Waals surface area contributed by atoms with Gasteiger partial charge in [0.2, 0.25) is 0 Å². The number of benzene rings is 5. The lowest BCUT2D eigenvalue weighted by atomic mass is 10.0. The maximum absolute atomic E-state index is 6.21. The van der Waals surface area contributed by atoms with Gasteiger partial charge >= 0.3 is 0 Å². The Labute approximate surface area is 176 Å². The monoisotopic (exact) mass is 390 g/mol. The van der Waals surface area contributed by atoms with Crippen LogP contribution in [0.15, 0.2) is 109 Å². The smallest absolute Gasteiger partial charge is 0.162 e. The van der Waals surface area contributed by atoms with E-state index in [1.165, 1.54) is 10.8 Å². The summed E-state index contributed by atoms with van der Waals surface area (Å²) < 4.78 is 12.4. The molecule has 0 aliphatic rings. The highest BCUT2D eigenvalue weighted by Gasteiger charge is 2.10. The van der Waals surface area contributed by atoms with Crippen molar-refractivity contribution in [3.63, 3.8) is 0 Å². The molecule has 0 bridgehead atoms. The van der Waals surface area contributed by atoms with Crippen molar-refractivity contribution in [1.29, 1.82) is 0 Å². The van der Waals surface area contributed by atoms with Gasteiger partial charge in [0.25, 0.3) is 0 Å². The first-order chi connectivity index (χ1) is 14.8. The Balaban J connectivity index is 1.51. The average molecular weight is 390 g/mol. The van der Waals surface area contributed by atoms with Crippen LogP contribution in [0, 0.1) is 0 Å². The molecule has 0 aromatic heterocycles. The molecule has 0 aliphatic carbocycles. The van der Waals surface area contributed by atoms with Gasteiger partial charge in [0.1, 0.15) is 13.2 Å². The van der Waals surface area contributed by atoms with Crippen LogP contribution >= 0.6 is 0 Å². The predicted octanol–water partition coefficient (Wildman–Crippen LogP) is 7.15. The maximum Gasteiger partial charge on any atom is 0.162 e. The largest absolute Gasteiger partial charge is 0.485 e. The molecule has 0 amide bonds. The van der Waals surface area contributed by atoms with Crippen molar-refractivity contribution < 1.29 is 9.47 Å². The average Bonchev–Trinajstić information content (AvgIpc) is 2.81. The highest BCUT2D eigenvalue weighted by molar-refractivity contribution is 5.99. The minimum absolute atomic E-state index is 0.502. The highest BCUT2D eigenvalue weighted by atomic mass is 16.5. The van der Waals surface area contributed by atoms with Gasteiger partial charge in [0.05, 0.1) is 0 Å². The van der Waals surface area contributed by atoms with Crippen LogP contribution in [-0.2, 0) is 13.2 Å². The molecule has 0 N–H and O–H groups in total. The maximum atomic E-state index is 6.21. The molecule has 2 nitrogen and oxygen atoms in total. The van der Waals surface area contributed by atoms with Crippen molar-refractivity contribution in [3.05, 3.63) is 120 Å². The van der Waals surface area contributed by atoms with E-state index in [-0.39, 0.29) is 0 Å². The molecule has 2 heteroatoms. The number of hydrogen-bond donors (Lipinski definition) is 0. The van der Waals surface area contributed by atoms with Crippen molar-refractivity contribution in [2.45, 2.75) is 13.2 Å². The second-order valence-electron chi connectivity index (χ2n) is 7.39. The van der Waals surface area contributed by atoms with Gasteiger partial charge in [-0.25, -0.2) is 0 Å². The molecule has 0 saturated carbocycles. The molecule has 0 fully saturated rings. The van der Waals surface area contributed by atoms with Crippen molar-refractivity contribution in [1.82, 2.24) is 0 Å². The number of hydrogen-bond acceptors (Lipinski definition) is 2. The summed E-state index contributed by atoms with van der Waals surface area (Å²) in [4.78, 5) is 0. The molecule has 0 atom stereocenters. The fourth-order valence-corrected chi connectivity index (χ4v) is 3.65. The van der Waals surface area contributed by atoms with Gasteiger partial charge in [0.15, 0.2) is 11.5 Å². The fraction of sp³-hybridized carbons (Fsp3) is 0.0714. The summed E-state index contributed by atoms with van der Waals surface area (Å²) in [5.74, 6) is 1.52. The van der Waals surface area contributed by atoms with Crippen molar-refractivity contribution in [3.8, 4) is 11.5 Å². The van der Waals surface area contributed by atoms with E-state index in [4.69, 9.17) is 9.47 Å². The van der Waals surface area contributed by atoms with E-state index in [2.05, 4.69) is 72.8 Å². The lowest BCUT2D eigenvalue weighted by Crippen LogP contribution is -2.00. The fourth-order valence-electron chi connectivity index (χ4n) is 3.65. The molecule has 0 heterocycles. The Bertz CT molecular complexity index is 1180. The summed E-state index contributed by atoms with van der Waals surface area (Å²) in [7, 11) is 0. The van der Waals surface area contributed by atoms with Crippen LogP contribution in [0.1, 0.15) is 11.1 Å². The lowest BCUT2D eigenvalue weighted by molar-refractivity contribution is 0.256. The summed E-state index contributed by atoms with van der Waals surface area (Å²) in [5, 5.41) is 4.72. The molecular weight excluding hydrogens is 368 g/mol. The van der Waals surface area contributed by atoms with E-state index < -0.39 is 0 Å². The molecule has 5 aromatic rings. The number of rotatable bonds is 6. The Kier molecular flexibility index (Phi) is 5.05. The van der Waals surface area contributed by atoms with E-state index >= 15 is 0 Å². The summed E-state index contributed by atoms with van der Waals surface area (Å²) >= 11 is 0. The normalized spacial score (nSPS) is 10.9. The van der Waals surface area contributed by atoms with E-state index in [0.717, 1.165) is 33.4 Å². The zero-order valence-electron chi connectivity index (χ0n) is 16.6. The zero-order valence-corrected chi connectivity index (χ0v) is 16.6. The SMILES string of the molecule is c1ccc(COc2cc3cc4ccccc4cc3cc2OCc2ccccc2)cc1. The molecule has 30 heavy (non-hydrogen) atoms. The van der Waals surface area contributed by atoms with Gasteiger partial charge in [-0.1, -0.05) is 84.9 Å². The molecule has 5 rings (SSSR count). The molecule has 0 aliphatic heterocycles. The van der Waals surface area contributed by atoms with Crippen LogP contribution in [0.25, 0.3) is 21.5 Å². The van der Waals surface area contributed by atoms with Gasteiger partial charge in [0, 0.05) is 0 Å². The van der Waals surface area contributed by atoms with Crippen LogP contribution in [-0.4, -0.2) is 0 Å². The quantitative estimate of drug-likeness (QED) is 0.287. The standard InChI is InChI=1S/C28H22O2/c1-3-9-21(10-4-1)19-29-27-17-25-15-23-13-7-8-14-24(23)16-26(25)18-28(27)30-20-22-11-5-2-6-12-22/h1-18H,19-20H2. The molecule has 0 spiro atoms. The Hall–Kier alpha value is -3.78. The third-order valence-electron chi connectivity index (χ3n) is 5.24. The Morgan fingerprint density at radius 1 is 0.400 bits per heavy atom. The first-order valence-electron chi connectivity index (χ1n) is 10.2. The van der Waals surface area contributed by atoms with E-state index in [9.17, 15) is 0 Å². The van der Waals surface area contributed by atoms with Gasteiger partial charge in [-0.3, -0.25) is 0 Å². The number of ether oxygens (including phenoxy) is 2. The molecule has 0 unspecified atom stereocenters. The molecule has 0 radical (unpaired) electrons. The Morgan fingerprint density at radius 2 is 0.800 bits per heavy atom. The Morgan fingerprint density at radius 3 is 1.23 bits per heavy atom. The highest BCUT2D eigenvalue weighted by Crippen LogP contribution is 2.35. The summed E-state index contributed by atoms with van der Waals surface area (Å²) in [6, 6.07) is 37.4. The topological polar surface area (TPSA) is 18.5 Å². The second-order valence-corrected chi connectivity index (χ2v) is 7.39. The third kappa shape index (κ3) is 3.99. The van der Waals surface area contributed by atoms with Crippen LogP contribution in [0.3, 0.4) is 0 Å². The van der Waals surface area contributed by atoms with Crippen molar-refractivity contribution in [2.24, 2.45) is 0 Å². The van der Waals surface area contributed by atoms with Crippen molar-refractivity contribution >= 4 is 21.5 Å². The lowest BCUT2D eigenvalue weighted by Gasteiger charge is -2.15. The van der Waals surface area contributed by atoms with Crippen LogP contribution in [0.5, 0.6) is 11.5 Å². The van der Waals surface area contributed by atoms with Gasteiger partial charge in [-0.05, 0) is 56.9 Å². The van der Waals surface area contributed by atoms with Crippen LogP contribution < -0.4 is 9.47 Å². The van der Waals surface area contributed by atoms with E-state index in [1.54, 1.807) is 0 Å². The number of fused-ring (bicyclic) bond motifs is 2. The first kappa shape index (κ1) is 18.3. The minimum atomic E-state index is 0.502. The zero-order chi connectivity index (χ0) is 20.2. The molecular formula is C28H22O2. The first-order valence-corrected chi connectivity index (χ1v) is 10.2. The summed E-state index contributed by atoms with van der Waals surface area (Å²) in [6.07, 6.45) is 0. The van der Waals surface area contributed by atoms with Crippen molar-refractivity contribution in [2.75, 3.05) is 0 Å². The van der Waals surface area contributed by atoms with E-state index in [0.29, 0.717) is 13.2 Å². The summed E-state index contributed by atoms with van der Waals surface area (Å²) in [6.45, 7) is 1.00. The van der Waals surface area contributed by atoms with Gasteiger partial charge < -0.3 is 9.47 Å². The molecule has 146 valence electrons. The summed E-state index contributed by atoms with van der Waals surface area (Å²) in [5.41, 5.74) is 2.26. The van der Waals surface area contributed by atoms with Gasteiger partial charge in [-0.2, -0.15) is 0 Å². The predicted molar refractivity (Wildman–Crippen MR) is 123 cm³/mol. The van der Waals surface area contributed by atoms with Crippen LogP contribution in [0.2, 0.25) is 0 Å². The molecule has 0 saturated heterocycles. The van der Waals surface area contributed by atoms with E-state index in [1.807, 2.05) is 36.4 Å².